The van der Waals surface area contributed by atoms with E-state index in [0.717, 1.165) is 17.1 Å². The monoisotopic (exact) mass is 252 g/mol. The van der Waals surface area contributed by atoms with Crippen LogP contribution in [0.5, 0.6) is 11.5 Å². The molecule has 100 valence electrons. The summed E-state index contributed by atoms with van der Waals surface area (Å²) in [4.78, 5) is 0. The molecule has 0 N–H and O–H groups in total. The van der Waals surface area contributed by atoms with Gasteiger partial charge in [-0.05, 0) is 32.9 Å². The SMILES string of the molecule is CCOc1cc(C2O[C@@H](C)[C@@H](C)O2)ccc1OC. The second-order valence-corrected chi connectivity index (χ2v) is 4.36. The van der Waals surface area contributed by atoms with Gasteiger partial charge in [0.1, 0.15) is 0 Å². The van der Waals surface area contributed by atoms with Crippen LogP contribution in [0.1, 0.15) is 32.6 Å². The molecule has 0 radical (unpaired) electrons. The molecule has 4 nitrogen and oxygen atoms in total. The molecule has 1 fully saturated rings. The first-order valence-electron chi connectivity index (χ1n) is 6.27. The molecule has 0 bridgehead atoms. The molecule has 4 heteroatoms. The van der Waals surface area contributed by atoms with Crippen LogP contribution >= 0.6 is 0 Å². The fourth-order valence-corrected chi connectivity index (χ4v) is 1.91. The highest BCUT2D eigenvalue weighted by atomic mass is 16.7. The number of benzene rings is 1. The normalized spacial score (nSPS) is 27.2. The Hall–Kier alpha value is -1.26. The standard InChI is InChI=1S/C14H20O4/c1-5-16-13-8-11(6-7-12(13)15-4)14-17-9(2)10(3)18-14/h6-10,14H,5H2,1-4H3/t9-,10+,14?. The lowest BCUT2D eigenvalue weighted by Gasteiger charge is -2.14. The van der Waals surface area contributed by atoms with Gasteiger partial charge in [-0.15, -0.1) is 0 Å². The largest absolute Gasteiger partial charge is 0.493 e. The lowest BCUT2D eigenvalue weighted by molar-refractivity contribution is -0.0654. The highest BCUT2D eigenvalue weighted by Crippen LogP contribution is 2.36. The Morgan fingerprint density at radius 2 is 1.78 bits per heavy atom. The van der Waals surface area contributed by atoms with Crippen LogP contribution in [-0.4, -0.2) is 25.9 Å². The summed E-state index contributed by atoms with van der Waals surface area (Å²) in [6, 6.07) is 5.73. The van der Waals surface area contributed by atoms with Crippen LogP contribution in [0, 0.1) is 0 Å². The van der Waals surface area contributed by atoms with Crippen molar-refractivity contribution in [2.75, 3.05) is 13.7 Å². The molecular formula is C14H20O4. The quantitative estimate of drug-likeness (QED) is 0.825. The van der Waals surface area contributed by atoms with E-state index >= 15 is 0 Å². The minimum atomic E-state index is -0.319. The van der Waals surface area contributed by atoms with Gasteiger partial charge in [-0.25, -0.2) is 0 Å². The van der Waals surface area contributed by atoms with Crippen LogP contribution in [0.15, 0.2) is 18.2 Å². The van der Waals surface area contributed by atoms with Gasteiger partial charge in [0.25, 0.3) is 0 Å². The van der Waals surface area contributed by atoms with Crippen LogP contribution in [0.25, 0.3) is 0 Å². The zero-order valence-electron chi connectivity index (χ0n) is 11.3. The van der Waals surface area contributed by atoms with E-state index in [2.05, 4.69) is 0 Å². The maximum atomic E-state index is 5.75. The lowest BCUT2D eigenvalue weighted by Crippen LogP contribution is -2.13. The predicted molar refractivity (Wildman–Crippen MR) is 68.0 cm³/mol. The topological polar surface area (TPSA) is 36.9 Å². The maximum absolute atomic E-state index is 5.75. The van der Waals surface area contributed by atoms with E-state index < -0.39 is 0 Å². The van der Waals surface area contributed by atoms with Crippen molar-refractivity contribution in [3.8, 4) is 11.5 Å². The van der Waals surface area contributed by atoms with Crippen molar-refractivity contribution in [3.63, 3.8) is 0 Å². The Balaban J connectivity index is 2.21. The molecule has 1 aromatic carbocycles. The highest BCUT2D eigenvalue weighted by molar-refractivity contribution is 5.43. The van der Waals surface area contributed by atoms with E-state index in [9.17, 15) is 0 Å². The molecule has 1 saturated heterocycles. The smallest absolute Gasteiger partial charge is 0.184 e. The van der Waals surface area contributed by atoms with Gasteiger partial charge in [-0.1, -0.05) is 6.07 Å². The van der Waals surface area contributed by atoms with Crippen molar-refractivity contribution in [2.45, 2.75) is 39.3 Å². The fourth-order valence-electron chi connectivity index (χ4n) is 1.91. The molecule has 1 unspecified atom stereocenters. The lowest BCUT2D eigenvalue weighted by atomic mass is 10.2. The van der Waals surface area contributed by atoms with Gasteiger partial charge in [-0.3, -0.25) is 0 Å². The molecule has 2 rings (SSSR count). The van der Waals surface area contributed by atoms with Crippen molar-refractivity contribution < 1.29 is 18.9 Å². The molecule has 1 aliphatic heterocycles. The summed E-state index contributed by atoms with van der Waals surface area (Å²) in [6.07, 6.45) is -0.111. The minimum Gasteiger partial charge on any atom is -0.493 e. The van der Waals surface area contributed by atoms with Crippen LogP contribution in [0.4, 0.5) is 0 Å². The minimum absolute atomic E-state index is 0.104. The zero-order valence-corrected chi connectivity index (χ0v) is 11.3. The van der Waals surface area contributed by atoms with Gasteiger partial charge in [-0.2, -0.15) is 0 Å². The fraction of sp³-hybridized carbons (Fsp3) is 0.571. The van der Waals surface area contributed by atoms with E-state index in [1.165, 1.54) is 0 Å². The van der Waals surface area contributed by atoms with E-state index in [1.54, 1.807) is 7.11 Å². The second-order valence-electron chi connectivity index (χ2n) is 4.36. The summed E-state index contributed by atoms with van der Waals surface area (Å²) in [6.45, 7) is 6.56. The van der Waals surface area contributed by atoms with Crippen molar-refractivity contribution in [2.24, 2.45) is 0 Å². The van der Waals surface area contributed by atoms with Gasteiger partial charge < -0.3 is 18.9 Å². The molecule has 1 aromatic rings. The van der Waals surface area contributed by atoms with Gasteiger partial charge in [0.2, 0.25) is 0 Å². The van der Waals surface area contributed by atoms with Crippen molar-refractivity contribution in [1.82, 2.24) is 0 Å². The molecule has 0 aromatic heterocycles. The Kier molecular flexibility index (Phi) is 4.09. The van der Waals surface area contributed by atoms with Crippen LogP contribution < -0.4 is 9.47 Å². The van der Waals surface area contributed by atoms with Crippen LogP contribution in [0.2, 0.25) is 0 Å². The summed E-state index contributed by atoms with van der Waals surface area (Å²) in [5.41, 5.74) is 0.954. The van der Waals surface area contributed by atoms with E-state index in [1.807, 2.05) is 39.0 Å². The molecule has 18 heavy (non-hydrogen) atoms. The molecule has 0 saturated carbocycles. The van der Waals surface area contributed by atoms with Crippen molar-refractivity contribution in [1.29, 1.82) is 0 Å². The van der Waals surface area contributed by atoms with E-state index in [4.69, 9.17) is 18.9 Å². The maximum Gasteiger partial charge on any atom is 0.184 e. The molecule has 0 amide bonds. The summed E-state index contributed by atoms with van der Waals surface area (Å²) in [5.74, 6) is 1.44. The second kappa shape index (κ2) is 5.59. The molecular weight excluding hydrogens is 232 g/mol. The van der Waals surface area contributed by atoms with Gasteiger partial charge in [0.05, 0.1) is 25.9 Å². The van der Waals surface area contributed by atoms with E-state index in [0.29, 0.717) is 6.61 Å². The Labute approximate surface area is 108 Å². The van der Waals surface area contributed by atoms with Gasteiger partial charge >= 0.3 is 0 Å². The molecule has 1 aliphatic rings. The number of ether oxygens (including phenoxy) is 4. The number of hydrogen-bond acceptors (Lipinski definition) is 4. The number of rotatable bonds is 4. The summed E-state index contributed by atoms with van der Waals surface area (Å²) >= 11 is 0. The molecule has 0 spiro atoms. The molecule has 1 heterocycles. The number of hydrogen-bond donors (Lipinski definition) is 0. The highest BCUT2D eigenvalue weighted by Gasteiger charge is 2.31. The third-order valence-electron chi connectivity index (χ3n) is 3.10. The Morgan fingerprint density at radius 1 is 1.11 bits per heavy atom. The first-order chi connectivity index (χ1) is 8.65. The average molecular weight is 252 g/mol. The van der Waals surface area contributed by atoms with Crippen molar-refractivity contribution in [3.05, 3.63) is 23.8 Å². The first kappa shape index (κ1) is 13.2. The third kappa shape index (κ3) is 2.60. The third-order valence-corrected chi connectivity index (χ3v) is 3.10. The molecule has 3 atom stereocenters. The van der Waals surface area contributed by atoms with Crippen LogP contribution in [-0.2, 0) is 9.47 Å². The Morgan fingerprint density at radius 3 is 2.33 bits per heavy atom. The van der Waals surface area contributed by atoms with Crippen molar-refractivity contribution >= 4 is 0 Å². The summed E-state index contributed by atoms with van der Waals surface area (Å²) in [5, 5.41) is 0. The first-order valence-corrected chi connectivity index (χ1v) is 6.27. The predicted octanol–water partition coefficient (Wildman–Crippen LogP) is 2.92. The summed E-state index contributed by atoms with van der Waals surface area (Å²) < 4.78 is 22.3. The summed E-state index contributed by atoms with van der Waals surface area (Å²) in [7, 11) is 1.63. The van der Waals surface area contributed by atoms with Crippen LogP contribution in [0.3, 0.4) is 0 Å². The van der Waals surface area contributed by atoms with Gasteiger partial charge in [0.15, 0.2) is 17.8 Å². The Bertz CT molecular complexity index is 395. The zero-order chi connectivity index (χ0) is 13.1. The molecule has 0 aliphatic carbocycles. The number of methoxy groups -OCH3 is 1. The average Bonchev–Trinajstić information content (AvgIpc) is 2.70. The van der Waals surface area contributed by atoms with Gasteiger partial charge in [0, 0.05) is 5.56 Å². The van der Waals surface area contributed by atoms with E-state index in [-0.39, 0.29) is 18.5 Å².